The molecule has 9 N–H and O–H groups in total. The molecule has 4 atom stereocenters. The van der Waals surface area contributed by atoms with Crippen LogP contribution in [0.5, 0.6) is 0 Å². The lowest BCUT2D eigenvalue weighted by Crippen LogP contribution is -2.78. The maximum Gasteiger partial charge on any atom is 0.331 e. The summed E-state index contributed by atoms with van der Waals surface area (Å²) in [5.41, 5.74) is 12.5. The SMILES string of the molecule is NC1=N[C@H]2[C@H](C(=O)O)N=C(N)N3C[C@H](NC(=O)c4cccc5c4CCCC5)C(O)(O)[C@]23N1. The van der Waals surface area contributed by atoms with Gasteiger partial charge in [0.2, 0.25) is 5.79 Å². The third-order valence-electron chi connectivity index (χ3n) is 6.91. The van der Waals surface area contributed by atoms with Crippen molar-refractivity contribution in [3.63, 3.8) is 0 Å². The Balaban J connectivity index is 1.49. The van der Waals surface area contributed by atoms with Gasteiger partial charge in [-0.15, -0.1) is 0 Å². The summed E-state index contributed by atoms with van der Waals surface area (Å²) < 4.78 is 0. The average Bonchev–Trinajstić information content (AvgIpc) is 3.22. The molecule has 3 heterocycles. The molecule has 1 spiro atoms. The molecule has 1 aromatic rings. The molecule has 0 aromatic heterocycles. The molecule has 0 bridgehead atoms. The topological polar surface area (TPSA) is 199 Å². The number of carbonyl (C=O) groups is 2. The van der Waals surface area contributed by atoms with Gasteiger partial charge in [-0.05, 0) is 42.9 Å². The molecule has 12 nitrogen and oxygen atoms in total. The standard InChI is InChI=1S/C20H25N7O5/c21-17-25-14-13(16(29)30)24-18(22)27-8-12(20(31,32)19(14,27)26-17)23-15(28)11-7-3-5-9-4-1-2-6-10(9)11/h3,5,7,12-14,31-32H,1-2,4,6,8H2,(H2,22,24)(H,23,28)(H,29,30)(H3,21,25,26)/t12-,13+,14-,19-/m0/s1. The molecule has 170 valence electrons. The Morgan fingerprint density at radius 3 is 2.69 bits per heavy atom. The molecular weight excluding hydrogens is 418 g/mol. The van der Waals surface area contributed by atoms with Gasteiger partial charge in [-0.25, -0.2) is 14.8 Å². The molecule has 1 aromatic carbocycles. The lowest BCUT2D eigenvalue weighted by atomic mass is 9.84. The second kappa shape index (κ2) is 6.81. The van der Waals surface area contributed by atoms with Gasteiger partial charge in [-0.3, -0.25) is 4.79 Å². The van der Waals surface area contributed by atoms with Crippen LogP contribution in [0.2, 0.25) is 0 Å². The zero-order valence-corrected chi connectivity index (χ0v) is 17.2. The van der Waals surface area contributed by atoms with Crippen molar-refractivity contribution < 1.29 is 24.9 Å². The Morgan fingerprint density at radius 2 is 1.94 bits per heavy atom. The van der Waals surface area contributed by atoms with Crippen LogP contribution in [0.1, 0.15) is 34.3 Å². The number of aliphatic hydroxyl groups is 2. The fraction of sp³-hybridized carbons (Fsp3) is 0.500. The minimum Gasteiger partial charge on any atom is -0.480 e. The van der Waals surface area contributed by atoms with Gasteiger partial charge < -0.3 is 42.3 Å². The number of aryl methyl sites for hydroxylation is 1. The molecule has 0 unspecified atom stereocenters. The van der Waals surface area contributed by atoms with E-state index < -0.39 is 41.5 Å². The van der Waals surface area contributed by atoms with E-state index in [1.54, 1.807) is 6.07 Å². The number of benzene rings is 1. The minimum absolute atomic E-state index is 0.137. The van der Waals surface area contributed by atoms with Gasteiger partial charge >= 0.3 is 5.97 Å². The lowest BCUT2D eigenvalue weighted by molar-refractivity contribution is -0.230. The molecule has 3 aliphatic heterocycles. The highest BCUT2D eigenvalue weighted by atomic mass is 16.5. The molecule has 0 saturated carbocycles. The number of aliphatic carboxylic acids is 1. The number of hydrogen-bond acceptors (Lipinski definition) is 10. The fourth-order valence-electron chi connectivity index (χ4n) is 5.42. The van der Waals surface area contributed by atoms with E-state index in [0.717, 1.165) is 36.8 Å². The number of carbonyl (C=O) groups excluding carboxylic acids is 1. The number of guanidine groups is 2. The molecule has 1 aliphatic carbocycles. The van der Waals surface area contributed by atoms with Crippen LogP contribution >= 0.6 is 0 Å². The number of rotatable bonds is 3. The normalized spacial score (nSPS) is 32.1. The number of nitrogens with zero attached hydrogens (tertiary/aromatic N) is 3. The first-order valence-corrected chi connectivity index (χ1v) is 10.5. The van der Waals surface area contributed by atoms with E-state index in [0.29, 0.717) is 5.56 Å². The number of aliphatic imine (C=N–C) groups is 2. The summed E-state index contributed by atoms with van der Waals surface area (Å²) in [4.78, 5) is 34.3. The van der Waals surface area contributed by atoms with Crippen molar-refractivity contribution in [3.8, 4) is 0 Å². The van der Waals surface area contributed by atoms with Gasteiger partial charge in [0.15, 0.2) is 23.6 Å². The molecular formula is C20H25N7O5. The van der Waals surface area contributed by atoms with E-state index in [4.69, 9.17) is 11.5 Å². The molecule has 1 saturated heterocycles. The second-order valence-electron chi connectivity index (χ2n) is 8.63. The molecule has 0 radical (unpaired) electrons. The molecule has 12 heteroatoms. The first-order chi connectivity index (χ1) is 15.2. The smallest absolute Gasteiger partial charge is 0.331 e. The molecule has 1 fully saturated rings. The summed E-state index contributed by atoms with van der Waals surface area (Å²) in [5, 5.41) is 37.6. The van der Waals surface area contributed by atoms with E-state index in [1.165, 1.54) is 4.90 Å². The largest absolute Gasteiger partial charge is 0.480 e. The van der Waals surface area contributed by atoms with Crippen LogP contribution in [-0.4, -0.2) is 80.1 Å². The summed E-state index contributed by atoms with van der Waals surface area (Å²) >= 11 is 0. The number of nitrogens with two attached hydrogens (primary N) is 2. The van der Waals surface area contributed by atoms with Gasteiger partial charge in [0.1, 0.15) is 12.1 Å². The van der Waals surface area contributed by atoms with Gasteiger partial charge in [-0.1, -0.05) is 12.1 Å². The van der Waals surface area contributed by atoms with Crippen molar-refractivity contribution in [3.05, 3.63) is 34.9 Å². The summed E-state index contributed by atoms with van der Waals surface area (Å²) in [6.45, 7) is -0.137. The second-order valence-corrected chi connectivity index (χ2v) is 8.63. The van der Waals surface area contributed by atoms with Crippen LogP contribution in [0.15, 0.2) is 28.2 Å². The van der Waals surface area contributed by atoms with Crippen LogP contribution < -0.4 is 22.1 Å². The first-order valence-electron chi connectivity index (χ1n) is 10.5. The van der Waals surface area contributed by atoms with Crippen LogP contribution in [-0.2, 0) is 17.6 Å². The van der Waals surface area contributed by atoms with Crippen molar-refractivity contribution in [2.24, 2.45) is 21.5 Å². The Bertz CT molecular complexity index is 1070. The van der Waals surface area contributed by atoms with Crippen LogP contribution in [0, 0.1) is 0 Å². The van der Waals surface area contributed by atoms with Crippen molar-refractivity contribution in [1.82, 2.24) is 15.5 Å². The highest BCUT2D eigenvalue weighted by molar-refractivity contribution is 5.97. The lowest BCUT2D eigenvalue weighted by Gasteiger charge is -2.48. The Kier molecular flexibility index (Phi) is 4.37. The molecule has 5 rings (SSSR count). The van der Waals surface area contributed by atoms with Crippen molar-refractivity contribution in [2.75, 3.05) is 6.54 Å². The van der Waals surface area contributed by atoms with Crippen LogP contribution in [0.4, 0.5) is 0 Å². The summed E-state index contributed by atoms with van der Waals surface area (Å²) in [6, 6.07) is 1.55. The number of carboxylic acid groups (broad SMARTS) is 1. The monoisotopic (exact) mass is 443 g/mol. The van der Waals surface area contributed by atoms with Gasteiger partial charge in [0.25, 0.3) is 5.91 Å². The van der Waals surface area contributed by atoms with Crippen molar-refractivity contribution in [1.29, 1.82) is 0 Å². The van der Waals surface area contributed by atoms with E-state index in [-0.39, 0.29) is 18.5 Å². The number of amides is 1. The maximum absolute atomic E-state index is 13.2. The highest BCUT2D eigenvalue weighted by Gasteiger charge is 2.74. The van der Waals surface area contributed by atoms with Crippen LogP contribution in [0.3, 0.4) is 0 Å². The molecule has 4 aliphatic rings. The van der Waals surface area contributed by atoms with E-state index >= 15 is 0 Å². The number of hydrogen-bond donors (Lipinski definition) is 7. The van der Waals surface area contributed by atoms with Crippen molar-refractivity contribution >= 4 is 23.8 Å². The first kappa shape index (κ1) is 20.5. The third-order valence-corrected chi connectivity index (χ3v) is 6.91. The summed E-state index contributed by atoms with van der Waals surface area (Å²) in [7, 11) is 0. The fourth-order valence-corrected chi connectivity index (χ4v) is 5.42. The van der Waals surface area contributed by atoms with E-state index in [9.17, 15) is 24.9 Å². The van der Waals surface area contributed by atoms with Gasteiger partial charge in [-0.2, -0.15) is 0 Å². The predicted octanol–water partition coefficient (Wildman–Crippen LogP) is -2.58. The number of fused-ring (bicyclic) bond motifs is 1. The molecule has 32 heavy (non-hydrogen) atoms. The Labute approximate surface area is 183 Å². The Hall–Kier alpha value is -3.38. The molecule has 1 amide bonds. The third kappa shape index (κ3) is 2.62. The highest BCUT2D eigenvalue weighted by Crippen LogP contribution is 2.44. The van der Waals surface area contributed by atoms with E-state index in [2.05, 4.69) is 20.6 Å². The predicted molar refractivity (Wildman–Crippen MR) is 113 cm³/mol. The minimum atomic E-state index is -2.67. The van der Waals surface area contributed by atoms with E-state index in [1.807, 2.05) is 12.1 Å². The summed E-state index contributed by atoms with van der Waals surface area (Å²) in [5.74, 6) is -4.84. The summed E-state index contributed by atoms with van der Waals surface area (Å²) in [6.07, 6.45) is 3.71. The zero-order chi connectivity index (χ0) is 22.8. The number of nitrogens with one attached hydrogen (secondary N) is 2. The maximum atomic E-state index is 13.2. The quantitative estimate of drug-likeness (QED) is 0.245. The van der Waals surface area contributed by atoms with Crippen LogP contribution in [0.25, 0.3) is 0 Å². The van der Waals surface area contributed by atoms with Gasteiger partial charge in [0, 0.05) is 12.1 Å². The number of carboxylic acids is 1. The zero-order valence-electron chi connectivity index (χ0n) is 17.2. The Morgan fingerprint density at radius 1 is 1.19 bits per heavy atom. The average molecular weight is 443 g/mol. The van der Waals surface area contributed by atoms with Crippen molar-refractivity contribution in [2.45, 2.75) is 55.3 Å². The van der Waals surface area contributed by atoms with Gasteiger partial charge in [0.05, 0.1) is 0 Å².